The normalized spacial score (nSPS) is 20.2. The van der Waals surface area contributed by atoms with Gasteiger partial charge in [-0.1, -0.05) is 43.3 Å². The van der Waals surface area contributed by atoms with Gasteiger partial charge in [-0.05, 0) is 42.7 Å². The van der Waals surface area contributed by atoms with Gasteiger partial charge in [0.15, 0.2) is 5.78 Å². The van der Waals surface area contributed by atoms with Gasteiger partial charge in [0, 0.05) is 12.0 Å². The van der Waals surface area contributed by atoms with Crippen LogP contribution in [-0.2, 0) is 4.74 Å². The van der Waals surface area contributed by atoms with Gasteiger partial charge in [-0.25, -0.2) is 0 Å². The quantitative estimate of drug-likeness (QED) is 0.542. The minimum absolute atomic E-state index is 0.230. The van der Waals surface area contributed by atoms with Gasteiger partial charge >= 0.3 is 0 Å². The molecule has 1 aliphatic rings. The van der Waals surface area contributed by atoms with E-state index in [1.165, 1.54) is 24.8 Å². The van der Waals surface area contributed by atoms with Crippen molar-refractivity contribution in [2.45, 2.75) is 38.5 Å². The fourth-order valence-corrected chi connectivity index (χ4v) is 3.00. The number of hydrogen-bond acceptors (Lipinski definition) is 2. The maximum atomic E-state index is 12.3. The lowest BCUT2D eigenvalue weighted by molar-refractivity contribution is 0.0973. The Balaban J connectivity index is 1.92. The summed E-state index contributed by atoms with van der Waals surface area (Å²) in [5, 5.41) is 0. The van der Waals surface area contributed by atoms with Gasteiger partial charge in [0.25, 0.3) is 0 Å². The lowest BCUT2D eigenvalue weighted by Crippen LogP contribution is -2.12. The number of ketones is 1. The highest BCUT2D eigenvalue weighted by atomic mass is 16.5. The molecule has 0 saturated heterocycles. The van der Waals surface area contributed by atoms with Crippen molar-refractivity contribution in [3.63, 3.8) is 0 Å². The lowest BCUT2D eigenvalue weighted by atomic mass is 9.81. The average molecular weight is 284 g/mol. The number of benzene rings is 1. The fourth-order valence-electron chi connectivity index (χ4n) is 3.00. The second-order valence-corrected chi connectivity index (χ2v) is 5.66. The zero-order valence-electron chi connectivity index (χ0n) is 12.8. The molecule has 1 fully saturated rings. The van der Waals surface area contributed by atoms with E-state index in [1.807, 2.05) is 30.5 Å². The Morgan fingerprint density at radius 1 is 1.33 bits per heavy atom. The van der Waals surface area contributed by atoms with Crippen molar-refractivity contribution < 1.29 is 9.53 Å². The first-order chi connectivity index (χ1) is 10.2. The molecule has 0 bridgehead atoms. The van der Waals surface area contributed by atoms with E-state index in [4.69, 9.17) is 4.74 Å². The van der Waals surface area contributed by atoms with Crippen molar-refractivity contribution in [2.75, 3.05) is 7.11 Å². The number of hydrogen-bond donors (Lipinski definition) is 0. The molecule has 0 spiro atoms. The molecule has 2 rings (SSSR count). The third kappa shape index (κ3) is 4.32. The second kappa shape index (κ2) is 7.82. The molecule has 1 aromatic carbocycles. The largest absolute Gasteiger partial charge is 0.504 e. The van der Waals surface area contributed by atoms with Crippen LogP contribution in [0.25, 0.3) is 6.08 Å². The predicted molar refractivity (Wildman–Crippen MR) is 87.1 cm³/mol. The zero-order valence-corrected chi connectivity index (χ0v) is 12.8. The van der Waals surface area contributed by atoms with Crippen LogP contribution >= 0.6 is 0 Å². The summed E-state index contributed by atoms with van der Waals surface area (Å²) in [4.78, 5) is 12.3. The zero-order chi connectivity index (χ0) is 15.1. The molecular formula is C19H24O2. The van der Waals surface area contributed by atoms with E-state index in [0.29, 0.717) is 12.3 Å². The van der Waals surface area contributed by atoms with Gasteiger partial charge in [0.2, 0.25) is 0 Å². The molecule has 0 heterocycles. The average Bonchev–Trinajstić information content (AvgIpc) is 2.54. The SMILES string of the molecule is C=Cc1ccc(C(=O)CC[C@@H]2CCCC/C2=C/OC)cc1. The summed E-state index contributed by atoms with van der Waals surface area (Å²) in [7, 11) is 1.70. The van der Waals surface area contributed by atoms with E-state index in [-0.39, 0.29) is 5.78 Å². The highest BCUT2D eigenvalue weighted by Gasteiger charge is 2.20. The molecule has 0 aliphatic heterocycles. The third-order valence-corrected chi connectivity index (χ3v) is 4.25. The minimum atomic E-state index is 0.230. The molecule has 2 heteroatoms. The van der Waals surface area contributed by atoms with Crippen LogP contribution in [0.3, 0.4) is 0 Å². The summed E-state index contributed by atoms with van der Waals surface area (Å²) in [6.07, 6.45) is 10.00. The Morgan fingerprint density at radius 2 is 2.10 bits per heavy atom. The van der Waals surface area contributed by atoms with Crippen LogP contribution in [0.1, 0.15) is 54.4 Å². The number of rotatable bonds is 6. The first kappa shape index (κ1) is 15.6. The molecule has 21 heavy (non-hydrogen) atoms. The Morgan fingerprint density at radius 3 is 2.76 bits per heavy atom. The summed E-state index contributed by atoms with van der Waals surface area (Å²) >= 11 is 0. The number of allylic oxidation sites excluding steroid dienone is 1. The summed E-state index contributed by atoms with van der Waals surface area (Å²) in [6.45, 7) is 3.73. The van der Waals surface area contributed by atoms with Crippen molar-refractivity contribution in [1.29, 1.82) is 0 Å². The monoisotopic (exact) mass is 284 g/mol. The van der Waals surface area contributed by atoms with Crippen LogP contribution in [0.2, 0.25) is 0 Å². The Bertz CT molecular complexity index is 511. The van der Waals surface area contributed by atoms with Crippen LogP contribution in [0.15, 0.2) is 42.7 Å². The maximum Gasteiger partial charge on any atom is 0.162 e. The molecule has 0 amide bonds. The smallest absolute Gasteiger partial charge is 0.162 e. The van der Waals surface area contributed by atoms with Crippen LogP contribution in [-0.4, -0.2) is 12.9 Å². The number of methoxy groups -OCH3 is 1. The Labute approximate surface area is 127 Å². The van der Waals surface area contributed by atoms with Gasteiger partial charge in [-0.3, -0.25) is 4.79 Å². The van der Waals surface area contributed by atoms with E-state index in [2.05, 4.69) is 6.58 Å². The highest BCUT2D eigenvalue weighted by molar-refractivity contribution is 5.96. The van der Waals surface area contributed by atoms with Crippen LogP contribution in [0.5, 0.6) is 0 Å². The van der Waals surface area contributed by atoms with Crippen LogP contribution < -0.4 is 0 Å². The highest BCUT2D eigenvalue weighted by Crippen LogP contribution is 2.33. The maximum absolute atomic E-state index is 12.3. The Kier molecular flexibility index (Phi) is 5.79. The molecule has 1 aliphatic carbocycles. The van der Waals surface area contributed by atoms with Gasteiger partial charge in [0.05, 0.1) is 13.4 Å². The van der Waals surface area contributed by atoms with Gasteiger partial charge < -0.3 is 4.74 Å². The topological polar surface area (TPSA) is 26.3 Å². The van der Waals surface area contributed by atoms with Crippen LogP contribution in [0.4, 0.5) is 0 Å². The van der Waals surface area contributed by atoms with E-state index in [1.54, 1.807) is 13.2 Å². The summed E-state index contributed by atoms with van der Waals surface area (Å²) in [5.41, 5.74) is 3.22. The number of carbonyl (C=O) groups excluding carboxylic acids is 1. The number of ether oxygens (including phenoxy) is 1. The van der Waals surface area contributed by atoms with Gasteiger partial charge in [-0.15, -0.1) is 0 Å². The number of Topliss-reactive ketones (excluding diaryl/α,β-unsaturated/α-hetero) is 1. The molecule has 0 aromatic heterocycles. The predicted octanol–water partition coefficient (Wildman–Crippen LogP) is 5.01. The molecule has 112 valence electrons. The summed E-state index contributed by atoms with van der Waals surface area (Å²) in [5.74, 6) is 0.739. The molecule has 2 nitrogen and oxygen atoms in total. The first-order valence-corrected chi connectivity index (χ1v) is 7.72. The molecule has 0 N–H and O–H groups in total. The van der Waals surface area contributed by atoms with Crippen molar-refractivity contribution >= 4 is 11.9 Å². The van der Waals surface area contributed by atoms with Gasteiger partial charge in [-0.2, -0.15) is 0 Å². The number of carbonyl (C=O) groups is 1. The molecule has 1 atom stereocenters. The van der Waals surface area contributed by atoms with Crippen LogP contribution in [0, 0.1) is 5.92 Å². The van der Waals surface area contributed by atoms with E-state index < -0.39 is 0 Å². The second-order valence-electron chi connectivity index (χ2n) is 5.66. The van der Waals surface area contributed by atoms with Crippen molar-refractivity contribution in [3.05, 3.63) is 53.8 Å². The van der Waals surface area contributed by atoms with E-state index in [9.17, 15) is 4.79 Å². The third-order valence-electron chi connectivity index (χ3n) is 4.25. The molecule has 0 radical (unpaired) electrons. The molecule has 1 saturated carbocycles. The standard InChI is InChI=1S/C19H24O2/c1-3-15-8-10-17(11-9-15)19(20)13-12-16-6-4-5-7-18(16)14-21-2/h3,8-11,14,16H,1,4-7,12-13H2,2H3/b18-14-/t16-/m0/s1. The molecule has 0 unspecified atom stereocenters. The summed E-state index contributed by atoms with van der Waals surface area (Å²) < 4.78 is 5.17. The molecule has 1 aromatic rings. The minimum Gasteiger partial charge on any atom is -0.504 e. The summed E-state index contributed by atoms with van der Waals surface area (Å²) in [6, 6.07) is 7.67. The fraction of sp³-hybridized carbons (Fsp3) is 0.421. The molecular weight excluding hydrogens is 260 g/mol. The van der Waals surface area contributed by atoms with Gasteiger partial charge in [0.1, 0.15) is 0 Å². The van der Waals surface area contributed by atoms with E-state index >= 15 is 0 Å². The van der Waals surface area contributed by atoms with Crippen molar-refractivity contribution in [1.82, 2.24) is 0 Å². The Hall–Kier alpha value is -1.83. The lowest BCUT2D eigenvalue weighted by Gasteiger charge is -2.24. The van der Waals surface area contributed by atoms with E-state index in [0.717, 1.165) is 24.0 Å². The first-order valence-electron chi connectivity index (χ1n) is 7.72. The van der Waals surface area contributed by atoms with Crippen molar-refractivity contribution in [3.8, 4) is 0 Å². The van der Waals surface area contributed by atoms with Crippen molar-refractivity contribution in [2.24, 2.45) is 5.92 Å².